The summed E-state index contributed by atoms with van der Waals surface area (Å²) in [4.78, 5) is 2.44. The highest BCUT2D eigenvalue weighted by Crippen LogP contribution is 2.60. The van der Waals surface area contributed by atoms with Crippen molar-refractivity contribution in [3.05, 3.63) is 101 Å². The maximum Gasteiger partial charge on any atom is 0.118 e. The predicted molar refractivity (Wildman–Crippen MR) is 124 cm³/mol. The average Bonchev–Trinajstić information content (AvgIpc) is 2.81. The van der Waals surface area contributed by atoms with Gasteiger partial charge in [0.25, 0.3) is 0 Å². The van der Waals surface area contributed by atoms with Gasteiger partial charge in [-0.1, -0.05) is 66.7 Å². The van der Waals surface area contributed by atoms with Crippen LogP contribution in [-0.4, -0.2) is 30.7 Å². The lowest BCUT2D eigenvalue weighted by Crippen LogP contribution is -2.49. The van der Waals surface area contributed by atoms with Gasteiger partial charge in [0.2, 0.25) is 0 Å². The van der Waals surface area contributed by atoms with E-state index in [0.717, 1.165) is 37.2 Å². The quantitative estimate of drug-likeness (QED) is 0.595. The molecule has 2 bridgehead atoms. The van der Waals surface area contributed by atoms with Gasteiger partial charge < -0.3 is 14.7 Å². The predicted octanol–water partition coefficient (Wildman–Crippen LogP) is 5.31. The first-order chi connectivity index (χ1) is 15.1. The molecule has 1 fully saturated rings. The lowest BCUT2D eigenvalue weighted by molar-refractivity contribution is -0.0600. The summed E-state index contributed by atoms with van der Waals surface area (Å²) in [6.07, 6.45) is 1.80. The highest BCUT2D eigenvalue weighted by atomic mass is 16.5. The Labute approximate surface area is 185 Å². The maximum absolute atomic E-state index is 12.0. The normalized spacial score (nSPS) is 26.6. The molecule has 3 aliphatic rings. The van der Waals surface area contributed by atoms with Gasteiger partial charge in [-0.25, -0.2) is 0 Å². The fraction of sp³-hybridized carbons (Fsp3) is 0.357. The van der Waals surface area contributed by atoms with Gasteiger partial charge in [0.15, 0.2) is 0 Å². The van der Waals surface area contributed by atoms with Gasteiger partial charge in [-0.05, 0) is 66.1 Å². The van der Waals surface area contributed by atoms with E-state index in [1.807, 2.05) is 24.3 Å². The molecule has 0 saturated heterocycles. The SMILES string of the molecule is COc1ccc([C@@]2(O)C[C@H]3c4ccccc4[C@@H]2C[C@@H]3CN(C)Cc2ccccc2)cc1. The molecule has 0 aliphatic heterocycles. The number of ether oxygens (including phenoxy) is 1. The van der Waals surface area contributed by atoms with Crippen molar-refractivity contribution in [1.29, 1.82) is 0 Å². The first-order valence-corrected chi connectivity index (χ1v) is 11.3. The summed E-state index contributed by atoms with van der Waals surface area (Å²) < 4.78 is 5.33. The third-order valence-electron chi connectivity index (χ3n) is 7.42. The molecule has 0 aromatic heterocycles. The Hall–Kier alpha value is -2.62. The number of aliphatic hydroxyl groups is 1. The molecule has 0 amide bonds. The molecule has 6 rings (SSSR count). The van der Waals surface area contributed by atoms with Gasteiger partial charge in [0, 0.05) is 19.0 Å². The van der Waals surface area contributed by atoms with E-state index >= 15 is 0 Å². The summed E-state index contributed by atoms with van der Waals surface area (Å²) in [6, 6.07) is 27.5. The van der Waals surface area contributed by atoms with E-state index in [1.165, 1.54) is 16.7 Å². The topological polar surface area (TPSA) is 32.7 Å². The second-order valence-corrected chi connectivity index (χ2v) is 9.32. The molecule has 0 radical (unpaired) electrons. The first-order valence-electron chi connectivity index (χ1n) is 11.3. The van der Waals surface area contributed by atoms with Crippen molar-refractivity contribution in [2.24, 2.45) is 5.92 Å². The molecule has 1 N–H and O–H groups in total. The van der Waals surface area contributed by atoms with Crippen LogP contribution in [0.1, 0.15) is 46.9 Å². The van der Waals surface area contributed by atoms with Crippen LogP contribution in [-0.2, 0) is 12.1 Å². The number of nitrogens with zero attached hydrogens (tertiary/aromatic N) is 1. The smallest absolute Gasteiger partial charge is 0.118 e. The molecular formula is C28H31NO2. The molecule has 0 spiro atoms. The fourth-order valence-electron chi connectivity index (χ4n) is 5.98. The summed E-state index contributed by atoms with van der Waals surface area (Å²) in [5.74, 6) is 1.87. The van der Waals surface area contributed by atoms with Crippen LogP contribution in [0, 0.1) is 5.92 Å². The second kappa shape index (κ2) is 8.14. The minimum Gasteiger partial charge on any atom is -0.497 e. The molecule has 160 valence electrons. The molecule has 3 nitrogen and oxygen atoms in total. The van der Waals surface area contributed by atoms with Crippen molar-refractivity contribution in [1.82, 2.24) is 4.90 Å². The number of fused-ring (bicyclic) bond motifs is 2. The van der Waals surface area contributed by atoms with E-state index in [1.54, 1.807) is 7.11 Å². The second-order valence-electron chi connectivity index (χ2n) is 9.32. The van der Waals surface area contributed by atoms with Crippen LogP contribution in [0.5, 0.6) is 5.75 Å². The molecule has 3 heteroatoms. The van der Waals surface area contributed by atoms with Crippen molar-refractivity contribution in [3.63, 3.8) is 0 Å². The van der Waals surface area contributed by atoms with Crippen molar-refractivity contribution >= 4 is 0 Å². The number of hydrogen-bond donors (Lipinski definition) is 1. The van der Waals surface area contributed by atoms with Crippen LogP contribution in [0.3, 0.4) is 0 Å². The number of methoxy groups -OCH3 is 1. The largest absolute Gasteiger partial charge is 0.497 e. The summed E-state index contributed by atoms with van der Waals surface area (Å²) in [7, 11) is 3.90. The van der Waals surface area contributed by atoms with E-state index in [0.29, 0.717) is 11.8 Å². The summed E-state index contributed by atoms with van der Waals surface area (Å²) in [5, 5.41) is 12.0. The van der Waals surface area contributed by atoms with E-state index < -0.39 is 5.60 Å². The molecule has 3 aromatic rings. The third kappa shape index (κ3) is 3.66. The zero-order valence-electron chi connectivity index (χ0n) is 18.4. The van der Waals surface area contributed by atoms with Gasteiger partial charge >= 0.3 is 0 Å². The van der Waals surface area contributed by atoms with Gasteiger partial charge in [-0.2, -0.15) is 0 Å². The standard InChI is InChI=1S/C28H31NO2/c1-29(18-20-8-4-3-5-9-20)19-21-16-27-25-11-7-6-10-24(25)26(21)17-28(27,30)22-12-14-23(31-2)15-13-22/h3-15,21,26-27,30H,16-19H2,1-2H3/t21-,26-,27+,28+/m1/s1. The molecular weight excluding hydrogens is 382 g/mol. The molecule has 0 unspecified atom stereocenters. The first kappa shape index (κ1) is 20.3. The van der Waals surface area contributed by atoms with Crippen molar-refractivity contribution < 1.29 is 9.84 Å². The molecule has 1 saturated carbocycles. The highest BCUT2D eigenvalue weighted by Gasteiger charge is 2.53. The van der Waals surface area contributed by atoms with Gasteiger partial charge in [0.1, 0.15) is 5.75 Å². The number of rotatable bonds is 6. The van der Waals surface area contributed by atoms with Crippen molar-refractivity contribution in [2.45, 2.75) is 36.8 Å². The zero-order chi connectivity index (χ0) is 21.4. The summed E-state index contributed by atoms with van der Waals surface area (Å²) in [5.41, 5.74) is 4.31. The van der Waals surface area contributed by atoms with E-state index in [-0.39, 0.29) is 5.92 Å². The Balaban J connectivity index is 1.42. The molecule has 3 aromatic carbocycles. The Bertz CT molecular complexity index is 1030. The lowest BCUT2D eigenvalue weighted by atomic mass is 9.54. The van der Waals surface area contributed by atoms with Crippen LogP contribution in [0.15, 0.2) is 78.9 Å². The monoisotopic (exact) mass is 413 g/mol. The third-order valence-corrected chi connectivity index (χ3v) is 7.42. The Morgan fingerprint density at radius 2 is 1.61 bits per heavy atom. The van der Waals surface area contributed by atoms with Crippen molar-refractivity contribution in [3.8, 4) is 5.75 Å². The average molecular weight is 414 g/mol. The maximum atomic E-state index is 12.0. The van der Waals surface area contributed by atoms with E-state index in [4.69, 9.17) is 4.74 Å². The Morgan fingerprint density at radius 1 is 0.935 bits per heavy atom. The van der Waals surface area contributed by atoms with E-state index in [2.05, 4.69) is 66.5 Å². The zero-order valence-corrected chi connectivity index (χ0v) is 18.4. The lowest BCUT2D eigenvalue weighted by Gasteiger charge is -2.54. The number of benzene rings is 3. The Kier molecular flexibility index (Phi) is 5.33. The highest BCUT2D eigenvalue weighted by molar-refractivity contribution is 5.46. The van der Waals surface area contributed by atoms with Gasteiger partial charge in [-0.15, -0.1) is 0 Å². The van der Waals surface area contributed by atoms with Crippen LogP contribution >= 0.6 is 0 Å². The minimum absolute atomic E-state index is 0.122. The van der Waals surface area contributed by atoms with Crippen LogP contribution in [0.4, 0.5) is 0 Å². The van der Waals surface area contributed by atoms with Gasteiger partial charge in [-0.3, -0.25) is 0 Å². The molecule has 3 aliphatic carbocycles. The Morgan fingerprint density at radius 3 is 2.32 bits per heavy atom. The minimum atomic E-state index is -0.820. The van der Waals surface area contributed by atoms with Crippen LogP contribution < -0.4 is 4.74 Å². The summed E-state index contributed by atoms with van der Waals surface area (Å²) >= 11 is 0. The van der Waals surface area contributed by atoms with Crippen molar-refractivity contribution in [2.75, 3.05) is 20.7 Å². The van der Waals surface area contributed by atoms with E-state index in [9.17, 15) is 5.11 Å². The molecule has 0 heterocycles. The van der Waals surface area contributed by atoms with Crippen LogP contribution in [0.25, 0.3) is 0 Å². The van der Waals surface area contributed by atoms with Crippen LogP contribution in [0.2, 0.25) is 0 Å². The molecule has 4 atom stereocenters. The van der Waals surface area contributed by atoms with Gasteiger partial charge in [0.05, 0.1) is 12.7 Å². The summed E-state index contributed by atoms with van der Waals surface area (Å²) in [6.45, 7) is 2.00. The number of hydrogen-bond acceptors (Lipinski definition) is 3. The fourth-order valence-corrected chi connectivity index (χ4v) is 5.98. The molecule has 31 heavy (non-hydrogen) atoms.